The number of nitrogens with zero attached hydrogens (tertiary/aromatic N) is 4. The van der Waals surface area contributed by atoms with Crippen LogP contribution in [0.1, 0.15) is 42.2 Å². The summed E-state index contributed by atoms with van der Waals surface area (Å²) in [5.74, 6) is 0.176. The molecule has 2 heterocycles. The minimum atomic E-state index is -3.56. The SMILES string of the molecule is CCC(C)c1ccc(S(=O)(=O)N2CCN(C(=O)c3cnccn3)CC2)cc1. The van der Waals surface area contributed by atoms with Gasteiger partial charge >= 0.3 is 0 Å². The molecule has 0 saturated carbocycles. The Balaban J connectivity index is 1.67. The first kappa shape index (κ1) is 19.4. The van der Waals surface area contributed by atoms with Crippen molar-refractivity contribution in [3.8, 4) is 0 Å². The van der Waals surface area contributed by atoms with Gasteiger partial charge in [0.1, 0.15) is 5.69 Å². The van der Waals surface area contributed by atoms with Crippen molar-refractivity contribution in [1.82, 2.24) is 19.2 Å². The smallest absolute Gasteiger partial charge is 0.274 e. The van der Waals surface area contributed by atoms with Gasteiger partial charge in [0.05, 0.1) is 11.1 Å². The molecular formula is C19H24N4O3S. The lowest BCUT2D eigenvalue weighted by atomic mass is 9.99. The summed E-state index contributed by atoms with van der Waals surface area (Å²) in [4.78, 5) is 22.2. The third-order valence-electron chi connectivity index (χ3n) is 5.01. The predicted molar refractivity (Wildman–Crippen MR) is 102 cm³/mol. The van der Waals surface area contributed by atoms with E-state index in [-0.39, 0.29) is 24.7 Å². The number of amides is 1. The molecular weight excluding hydrogens is 364 g/mol. The standard InChI is InChI=1S/C19H24N4O3S/c1-3-15(2)16-4-6-17(7-5-16)27(25,26)23-12-10-22(11-13-23)19(24)18-14-20-8-9-21-18/h4-9,14-15H,3,10-13H2,1-2H3. The molecule has 1 unspecified atom stereocenters. The maximum absolute atomic E-state index is 12.9. The molecule has 0 radical (unpaired) electrons. The van der Waals surface area contributed by atoms with Crippen LogP contribution in [0.5, 0.6) is 0 Å². The highest BCUT2D eigenvalue weighted by atomic mass is 32.2. The second-order valence-electron chi connectivity index (χ2n) is 6.67. The summed E-state index contributed by atoms with van der Waals surface area (Å²) < 4.78 is 27.2. The first-order valence-electron chi connectivity index (χ1n) is 9.09. The van der Waals surface area contributed by atoms with Crippen molar-refractivity contribution in [2.75, 3.05) is 26.2 Å². The van der Waals surface area contributed by atoms with E-state index in [0.29, 0.717) is 23.9 Å². The van der Waals surface area contributed by atoms with E-state index in [9.17, 15) is 13.2 Å². The Morgan fingerprint density at radius 1 is 1.11 bits per heavy atom. The van der Waals surface area contributed by atoms with Crippen molar-refractivity contribution >= 4 is 15.9 Å². The van der Waals surface area contributed by atoms with Gasteiger partial charge in [0.2, 0.25) is 10.0 Å². The molecule has 0 bridgehead atoms. The maximum atomic E-state index is 12.9. The van der Waals surface area contributed by atoms with Crippen LogP contribution in [0.2, 0.25) is 0 Å². The highest BCUT2D eigenvalue weighted by Crippen LogP contribution is 2.23. The topological polar surface area (TPSA) is 83.5 Å². The summed E-state index contributed by atoms with van der Waals surface area (Å²) in [6.45, 7) is 5.43. The lowest BCUT2D eigenvalue weighted by Gasteiger charge is -2.33. The molecule has 144 valence electrons. The zero-order valence-corrected chi connectivity index (χ0v) is 16.4. The van der Waals surface area contributed by atoms with Gasteiger partial charge in [-0.1, -0.05) is 26.0 Å². The molecule has 27 heavy (non-hydrogen) atoms. The highest BCUT2D eigenvalue weighted by molar-refractivity contribution is 7.89. The van der Waals surface area contributed by atoms with E-state index < -0.39 is 10.0 Å². The molecule has 1 amide bonds. The molecule has 1 saturated heterocycles. The van der Waals surface area contributed by atoms with Gasteiger partial charge < -0.3 is 4.90 Å². The first-order chi connectivity index (χ1) is 12.9. The fourth-order valence-corrected chi connectivity index (χ4v) is 4.48. The van der Waals surface area contributed by atoms with E-state index in [0.717, 1.165) is 12.0 Å². The maximum Gasteiger partial charge on any atom is 0.274 e. The molecule has 0 spiro atoms. The molecule has 1 aliphatic heterocycles. The van der Waals surface area contributed by atoms with Crippen LogP contribution in [0.15, 0.2) is 47.8 Å². The number of carbonyl (C=O) groups excluding carboxylic acids is 1. The molecule has 7 nitrogen and oxygen atoms in total. The number of aromatic nitrogens is 2. The Morgan fingerprint density at radius 2 is 1.78 bits per heavy atom. The van der Waals surface area contributed by atoms with Gasteiger partial charge in [-0.05, 0) is 30.0 Å². The molecule has 1 aromatic carbocycles. The van der Waals surface area contributed by atoms with Crippen molar-refractivity contribution in [3.05, 3.63) is 54.1 Å². The molecule has 0 N–H and O–H groups in total. The Hall–Kier alpha value is -2.32. The van der Waals surface area contributed by atoms with E-state index in [4.69, 9.17) is 0 Å². The Kier molecular flexibility index (Phi) is 5.86. The van der Waals surface area contributed by atoms with Crippen LogP contribution in [-0.2, 0) is 10.0 Å². The normalized spacial score (nSPS) is 16.9. The third kappa shape index (κ3) is 4.17. The predicted octanol–water partition coefficient (Wildman–Crippen LogP) is 2.14. The van der Waals surface area contributed by atoms with Crippen molar-refractivity contribution in [3.63, 3.8) is 0 Å². The summed E-state index contributed by atoms with van der Waals surface area (Å²) in [5, 5.41) is 0. The summed E-state index contributed by atoms with van der Waals surface area (Å²) in [5.41, 5.74) is 1.41. The van der Waals surface area contributed by atoms with E-state index in [2.05, 4.69) is 23.8 Å². The monoisotopic (exact) mass is 388 g/mol. The van der Waals surface area contributed by atoms with Crippen molar-refractivity contribution in [2.45, 2.75) is 31.1 Å². The van der Waals surface area contributed by atoms with Crippen LogP contribution < -0.4 is 0 Å². The molecule has 1 fully saturated rings. The minimum Gasteiger partial charge on any atom is -0.335 e. The van der Waals surface area contributed by atoms with Gasteiger partial charge in [-0.15, -0.1) is 0 Å². The summed E-state index contributed by atoms with van der Waals surface area (Å²) in [7, 11) is -3.56. The van der Waals surface area contributed by atoms with Crippen LogP contribution in [0.3, 0.4) is 0 Å². The van der Waals surface area contributed by atoms with Crippen LogP contribution >= 0.6 is 0 Å². The van der Waals surface area contributed by atoms with Crippen LogP contribution in [0.25, 0.3) is 0 Å². The van der Waals surface area contributed by atoms with E-state index >= 15 is 0 Å². The van der Waals surface area contributed by atoms with Gasteiger partial charge in [-0.25, -0.2) is 13.4 Å². The molecule has 1 atom stereocenters. The van der Waals surface area contributed by atoms with Crippen molar-refractivity contribution < 1.29 is 13.2 Å². The lowest BCUT2D eigenvalue weighted by Crippen LogP contribution is -2.50. The summed E-state index contributed by atoms with van der Waals surface area (Å²) in [6.07, 6.45) is 5.41. The number of sulfonamides is 1. The molecule has 0 aliphatic carbocycles. The number of rotatable bonds is 5. The van der Waals surface area contributed by atoms with Gasteiger partial charge in [-0.3, -0.25) is 9.78 Å². The molecule has 1 aliphatic rings. The van der Waals surface area contributed by atoms with Gasteiger partial charge in [0.15, 0.2) is 0 Å². The first-order valence-corrected chi connectivity index (χ1v) is 10.5. The second-order valence-corrected chi connectivity index (χ2v) is 8.60. The van der Waals surface area contributed by atoms with Crippen LogP contribution in [0, 0.1) is 0 Å². The van der Waals surface area contributed by atoms with Crippen molar-refractivity contribution in [2.24, 2.45) is 0 Å². The second kappa shape index (κ2) is 8.14. The van der Waals surface area contributed by atoms with Gasteiger partial charge in [0.25, 0.3) is 5.91 Å². The zero-order valence-electron chi connectivity index (χ0n) is 15.6. The summed E-state index contributed by atoms with van der Waals surface area (Å²) >= 11 is 0. The quantitative estimate of drug-likeness (QED) is 0.784. The van der Waals surface area contributed by atoms with Crippen LogP contribution in [0.4, 0.5) is 0 Å². The Morgan fingerprint density at radius 3 is 2.33 bits per heavy atom. The number of hydrogen-bond acceptors (Lipinski definition) is 5. The molecule has 1 aromatic heterocycles. The average molecular weight is 388 g/mol. The van der Waals surface area contributed by atoms with Gasteiger partial charge in [-0.2, -0.15) is 4.31 Å². The lowest BCUT2D eigenvalue weighted by molar-refractivity contribution is 0.0691. The number of benzene rings is 1. The van der Waals surface area contributed by atoms with E-state index in [1.165, 1.54) is 22.9 Å². The third-order valence-corrected chi connectivity index (χ3v) is 6.92. The molecule has 3 rings (SSSR count). The van der Waals surface area contributed by atoms with Crippen LogP contribution in [-0.4, -0.2) is 59.7 Å². The van der Waals surface area contributed by atoms with Gasteiger partial charge in [0, 0.05) is 38.6 Å². The molecule has 2 aromatic rings. The largest absolute Gasteiger partial charge is 0.335 e. The fourth-order valence-electron chi connectivity index (χ4n) is 3.06. The summed E-state index contributed by atoms with van der Waals surface area (Å²) in [6, 6.07) is 7.12. The minimum absolute atomic E-state index is 0.224. The Labute approximate surface area is 160 Å². The molecule has 8 heteroatoms. The van der Waals surface area contributed by atoms with E-state index in [1.807, 2.05) is 12.1 Å². The zero-order chi connectivity index (χ0) is 19.4. The number of hydrogen-bond donors (Lipinski definition) is 0. The Bertz CT molecular complexity index is 877. The number of piperazine rings is 1. The highest BCUT2D eigenvalue weighted by Gasteiger charge is 2.30. The number of carbonyl (C=O) groups is 1. The fraction of sp³-hybridized carbons (Fsp3) is 0.421. The van der Waals surface area contributed by atoms with E-state index in [1.54, 1.807) is 17.0 Å². The van der Waals surface area contributed by atoms with Crippen molar-refractivity contribution in [1.29, 1.82) is 0 Å². The average Bonchev–Trinajstić information content (AvgIpc) is 2.73.